The molecule has 2 bridgehead atoms. The molecular weight excluding hydrogens is 384 g/mol. The van der Waals surface area contributed by atoms with E-state index in [-0.39, 0.29) is 6.04 Å². The van der Waals surface area contributed by atoms with Crippen LogP contribution < -0.4 is 4.74 Å². The topological polar surface area (TPSA) is 45.6 Å². The van der Waals surface area contributed by atoms with E-state index in [0.717, 1.165) is 64.8 Å². The summed E-state index contributed by atoms with van der Waals surface area (Å²) in [6.07, 6.45) is 3.03. The monoisotopic (exact) mass is 416 g/mol. The van der Waals surface area contributed by atoms with Crippen molar-refractivity contribution in [2.24, 2.45) is 11.8 Å². The maximum atomic E-state index is 11.7. The fourth-order valence-corrected chi connectivity index (χ4v) is 5.73. The van der Waals surface area contributed by atoms with Gasteiger partial charge in [-0.1, -0.05) is 37.1 Å². The van der Waals surface area contributed by atoms with E-state index in [1.165, 1.54) is 18.4 Å². The number of methoxy groups -OCH3 is 1. The summed E-state index contributed by atoms with van der Waals surface area (Å²) in [5, 5.41) is 12.7. The minimum absolute atomic E-state index is 0.170. The van der Waals surface area contributed by atoms with Gasteiger partial charge in [-0.05, 0) is 74.0 Å². The molecular formula is C27H32N2O2. The van der Waals surface area contributed by atoms with Crippen molar-refractivity contribution in [1.82, 2.24) is 9.88 Å². The lowest BCUT2D eigenvalue weighted by atomic mass is 9.72. The summed E-state index contributed by atoms with van der Waals surface area (Å²) in [5.74, 6) is 2.30. The van der Waals surface area contributed by atoms with Crippen LogP contribution in [-0.4, -0.2) is 41.2 Å². The summed E-state index contributed by atoms with van der Waals surface area (Å²) in [7, 11) is 1.68. The van der Waals surface area contributed by atoms with Gasteiger partial charge < -0.3 is 9.84 Å². The van der Waals surface area contributed by atoms with Crippen LogP contribution in [0.2, 0.25) is 0 Å². The molecule has 3 saturated heterocycles. The van der Waals surface area contributed by atoms with Crippen molar-refractivity contribution in [2.45, 2.75) is 45.3 Å². The molecule has 1 aromatic heterocycles. The van der Waals surface area contributed by atoms with Crippen molar-refractivity contribution >= 4 is 10.9 Å². The zero-order chi connectivity index (χ0) is 21.5. The third-order valence-corrected chi connectivity index (χ3v) is 7.51. The molecule has 3 fully saturated rings. The van der Waals surface area contributed by atoms with Gasteiger partial charge in [-0.2, -0.15) is 0 Å². The molecule has 31 heavy (non-hydrogen) atoms. The molecule has 0 saturated carbocycles. The Morgan fingerprint density at radius 3 is 2.77 bits per heavy atom. The summed E-state index contributed by atoms with van der Waals surface area (Å²) in [5.41, 5.74) is 5.07. The Bertz CT molecular complexity index is 1100. The van der Waals surface area contributed by atoms with E-state index < -0.39 is 6.10 Å². The lowest BCUT2D eigenvalue weighted by molar-refractivity contribution is -0.0562. The largest absolute Gasteiger partial charge is 0.497 e. The Labute approximate surface area is 184 Å². The number of aromatic nitrogens is 1. The fourth-order valence-electron chi connectivity index (χ4n) is 5.73. The lowest BCUT2D eigenvalue weighted by Crippen LogP contribution is -2.55. The Hall–Kier alpha value is -2.43. The number of nitrogens with zero attached hydrogens (tertiary/aromatic N) is 2. The molecule has 4 heterocycles. The molecule has 4 heteroatoms. The highest BCUT2D eigenvalue weighted by Gasteiger charge is 2.42. The first kappa shape index (κ1) is 20.5. The minimum Gasteiger partial charge on any atom is -0.497 e. The van der Waals surface area contributed by atoms with Crippen LogP contribution in [0.4, 0.5) is 0 Å². The molecule has 5 atom stereocenters. The second-order valence-electron chi connectivity index (χ2n) is 9.31. The summed E-state index contributed by atoms with van der Waals surface area (Å²) in [6.45, 7) is 6.61. The highest BCUT2D eigenvalue weighted by atomic mass is 16.5. The van der Waals surface area contributed by atoms with Crippen LogP contribution in [0, 0.1) is 18.8 Å². The van der Waals surface area contributed by atoms with Gasteiger partial charge in [0.25, 0.3) is 0 Å². The van der Waals surface area contributed by atoms with Crippen LogP contribution in [0.25, 0.3) is 22.2 Å². The van der Waals surface area contributed by atoms with Crippen LogP contribution in [0.3, 0.4) is 0 Å². The second-order valence-corrected chi connectivity index (χ2v) is 9.31. The number of hydrogen-bond donors (Lipinski definition) is 1. The summed E-state index contributed by atoms with van der Waals surface area (Å²) >= 11 is 0. The normalized spacial score (nSPS) is 26.2. The number of piperidine rings is 3. The molecule has 162 valence electrons. The third kappa shape index (κ3) is 3.72. The summed E-state index contributed by atoms with van der Waals surface area (Å²) in [6, 6.07) is 16.7. The van der Waals surface area contributed by atoms with Crippen LogP contribution in [0.15, 0.2) is 48.5 Å². The van der Waals surface area contributed by atoms with E-state index in [1.54, 1.807) is 7.11 Å². The quantitative estimate of drug-likeness (QED) is 0.607. The Morgan fingerprint density at radius 2 is 2.06 bits per heavy atom. The van der Waals surface area contributed by atoms with Gasteiger partial charge in [-0.25, -0.2) is 4.98 Å². The van der Waals surface area contributed by atoms with Gasteiger partial charge >= 0.3 is 0 Å². The van der Waals surface area contributed by atoms with E-state index in [0.29, 0.717) is 0 Å². The van der Waals surface area contributed by atoms with Crippen LogP contribution in [0.1, 0.15) is 43.4 Å². The van der Waals surface area contributed by atoms with Gasteiger partial charge in [0.05, 0.1) is 24.4 Å². The highest BCUT2D eigenvalue weighted by Crippen LogP contribution is 2.43. The van der Waals surface area contributed by atoms with Gasteiger partial charge in [0, 0.05) is 23.5 Å². The lowest BCUT2D eigenvalue weighted by Gasteiger charge is -2.51. The predicted octanol–water partition coefficient (Wildman–Crippen LogP) is 5.37. The van der Waals surface area contributed by atoms with Gasteiger partial charge in [0.15, 0.2) is 0 Å². The second kappa shape index (κ2) is 8.25. The molecule has 3 aromatic rings. The molecule has 0 radical (unpaired) electrons. The zero-order valence-corrected chi connectivity index (χ0v) is 18.7. The van der Waals surface area contributed by atoms with Crippen molar-refractivity contribution in [2.75, 3.05) is 20.2 Å². The Kier molecular flexibility index (Phi) is 5.45. The number of hydrogen-bond acceptors (Lipinski definition) is 4. The number of rotatable bonds is 5. The molecule has 2 aromatic carbocycles. The minimum atomic E-state index is -0.540. The molecule has 1 N–H and O–H groups in total. The number of aryl methyl sites for hydroxylation is 1. The summed E-state index contributed by atoms with van der Waals surface area (Å²) < 4.78 is 5.49. The molecule has 6 rings (SSSR count). The van der Waals surface area contributed by atoms with Crippen molar-refractivity contribution in [1.29, 1.82) is 0 Å². The SMILES string of the molecule is CC[C@H]1CN2CC[C@H]1CC2[C@H](O)c1cc(-c2cccc(C)c2)nc2ccc(OC)cc12. The predicted molar refractivity (Wildman–Crippen MR) is 125 cm³/mol. The molecule has 4 nitrogen and oxygen atoms in total. The van der Waals surface area contributed by atoms with Crippen LogP contribution >= 0.6 is 0 Å². The fraction of sp³-hybridized carbons (Fsp3) is 0.444. The molecule has 0 amide bonds. The smallest absolute Gasteiger partial charge is 0.119 e. The number of aliphatic hydroxyl groups excluding tert-OH is 1. The number of ether oxygens (including phenoxy) is 1. The van der Waals surface area contributed by atoms with E-state index in [1.807, 2.05) is 18.2 Å². The van der Waals surface area contributed by atoms with Crippen molar-refractivity contribution in [3.8, 4) is 17.0 Å². The first-order chi connectivity index (χ1) is 15.1. The standard InChI is InChI=1S/C27H32N2O2/c1-4-18-16-29-11-10-19(18)13-26(29)27(30)23-15-25(20-7-5-6-17(2)12-20)28-24-9-8-21(31-3)14-22(23)24/h5-9,12,14-15,18-19,26-27,30H,4,10-11,13,16H2,1-3H3/t18-,19-,26?,27+/m0/s1. The average Bonchev–Trinajstić information content (AvgIpc) is 2.82. The van der Waals surface area contributed by atoms with Crippen molar-refractivity contribution in [3.63, 3.8) is 0 Å². The van der Waals surface area contributed by atoms with E-state index in [9.17, 15) is 5.11 Å². The van der Waals surface area contributed by atoms with Crippen molar-refractivity contribution in [3.05, 3.63) is 59.7 Å². The van der Waals surface area contributed by atoms with Crippen LogP contribution in [-0.2, 0) is 0 Å². The molecule has 3 aliphatic rings. The first-order valence-corrected chi connectivity index (χ1v) is 11.5. The maximum Gasteiger partial charge on any atom is 0.119 e. The van der Waals surface area contributed by atoms with E-state index >= 15 is 0 Å². The van der Waals surface area contributed by atoms with Gasteiger partial charge in [-0.15, -0.1) is 0 Å². The van der Waals surface area contributed by atoms with Gasteiger partial charge in [0.2, 0.25) is 0 Å². The Morgan fingerprint density at radius 1 is 1.19 bits per heavy atom. The number of aliphatic hydroxyl groups is 1. The molecule has 0 spiro atoms. The molecule has 0 aliphatic carbocycles. The first-order valence-electron chi connectivity index (χ1n) is 11.5. The number of pyridine rings is 1. The maximum absolute atomic E-state index is 11.7. The highest BCUT2D eigenvalue weighted by molar-refractivity contribution is 5.87. The molecule has 3 aliphatic heterocycles. The van der Waals surface area contributed by atoms with Crippen molar-refractivity contribution < 1.29 is 9.84 Å². The van der Waals surface area contributed by atoms with E-state index in [4.69, 9.17) is 9.72 Å². The number of fused-ring (bicyclic) bond motifs is 4. The van der Waals surface area contributed by atoms with Gasteiger partial charge in [0.1, 0.15) is 5.75 Å². The number of benzene rings is 2. The van der Waals surface area contributed by atoms with Gasteiger partial charge in [-0.3, -0.25) is 4.90 Å². The van der Waals surface area contributed by atoms with E-state index in [2.05, 4.69) is 49.1 Å². The Balaban J connectivity index is 1.60. The average molecular weight is 417 g/mol. The molecule has 2 unspecified atom stereocenters. The van der Waals surface area contributed by atoms with Crippen LogP contribution in [0.5, 0.6) is 5.75 Å². The zero-order valence-electron chi connectivity index (χ0n) is 18.7. The summed E-state index contributed by atoms with van der Waals surface area (Å²) in [4.78, 5) is 7.47. The third-order valence-electron chi connectivity index (χ3n) is 7.51.